The lowest BCUT2D eigenvalue weighted by Gasteiger charge is -2.15. The van der Waals surface area contributed by atoms with Gasteiger partial charge in [-0.3, -0.25) is 4.90 Å². The summed E-state index contributed by atoms with van der Waals surface area (Å²) in [6.07, 6.45) is 1.64. The number of halogens is 1. The lowest BCUT2D eigenvalue weighted by molar-refractivity contribution is 0.252. The van der Waals surface area contributed by atoms with Gasteiger partial charge in [0.05, 0.1) is 6.20 Å². The zero-order valence-electron chi connectivity index (χ0n) is 15.0. The first kappa shape index (κ1) is 17.4. The van der Waals surface area contributed by atoms with Crippen LogP contribution in [0.2, 0.25) is 5.02 Å². The van der Waals surface area contributed by atoms with Gasteiger partial charge in [-0.25, -0.2) is 9.78 Å². The molecule has 27 heavy (non-hydrogen) atoms. The number of hydrogen-bond acceptors (Lipinski definition) is 4. The number of oxazole rings is 1. The third kappa shape index (κ3) is 3.75. The summed E-state index contributed by atoms with van der Waals surface area (Å²) in [4.78, 5) is 17.9. The maximum absolute atomic E-state index is 11.9. The van der Waals surface area contributed by atoms with Gasteiger partial charge in [0.2, 0.25) is 0 Å². The highest BCUT2D eigenvalue weighted by Gasteiger charge is 2.22. The number of aromatic nitrogens is 1. The van der Waals surface area contributed by atoms with E-state index in [0.717, 1.165) is 28.1 Å². The van der Waals surface area contributed by atoms with Gasteiger partial charge in [-0.2, -0.15) is 0 Å². The third-order valence-corrected chi connectivity index (χ3v) is 4.53. The Morgan fingerprint density at radius 3 is 2.63 bits per heavy atom. The first-order chi connectivity index (χ1) is 13.0. The summed E-state index contributed by atoms with van der Waals surface area (Å²) in [7, 11) is 0. The number of benzene rings is 2. The topological polar surface area (TPSA) is 70.4 Å². The van der Waals surface area contributed by atoms with Crippen molar-refractivity contribution in [1.82, 2.24) is 10.3 Å². The Bertz CT molecular complexity index is 995. The van der Waals surface area contributed by atoms with Crippen LogP contribution in [0.4, 0.5) is 22.2 Å². The number of aryl methyl sites for hydroxylation is 2. The smallest absolute Gasteiger partial charge is 0.321 e. The number of urea groups is 1. The number of nitrogens with one attached hydrogen (secondary N) is 2. The molecule has 0 bridgehead atoms. The maximum atomic E-state index is 11.9. The lowest BCUT2D eigenvalue weighted by Crippen LogP contribution is -2.27. The second kappa shape index (κ2) is 6.96. The number of rotatable bonds is 4. The molecular weight excluding hydrogens is 364 g/mol. The molecule has 3 aromatic rings. The molecule has 0 atom stereocenters. The van der Waals surface area contributed by atoms with Crippen LogP contribution in [0.15, 0.2) is 47.0 Å². The fourth-order valence-corrected chi connectivity index (χ4v) is 3.46. The number of hydrogen-bond donors (Lipinski definition) is 2. The first-order valence-electron chi connectivity index (χ1n) is 8.65. The standard InChI is InChI=1S/C20H19ClN4O2/c1-12-5-13(2)7-16(6-12)24-19-23-11-18(27-19)14-8-15(21)10-17(9-14)25-4-3-22-20(25)26/h5-11H,3-4H2,1-2H3,(H,22,26)(H,23,24). The van der Waals surface area contributed by atoms with Crippen LogP contribution in [0, 0.1) is 13.8 Å². The summed E-state index contributed by atoms with van der Waals surface area (Å²) in [5.41, 5.74) is 4.73. The molecule has 1 aliphatic rings. The van der Waals surface area contributed by atoms with Gasteiger partial charge in [0.25, 0.3) is 6.01 Å². The molecule has 4 rings (SSSR count). The Balaban J connectivity index is 1.61. The third-order valence-electron chi connectivity index (χ3n) is 4.31. The van der Waals surface area contributed by atoms with Crippen molar-refractivity contribution in [2.75, 3.05) is 23.3 Å². The van der Waals surface area contributed by atoms with E-state index in [2.05, 4.69) is 21.7 Å². The average Bonchev–Trinajstić information content (AvgIpc) is 3.22. The predicted molar refractivity (Wildman–Crippen MR) is 107 cm³/mol. The molecule has 0 unspecified atom stereocenters. The Kier molecular flexibility index (Phi) is 4.49. The van der Waals surface area contributed by atoms with Crippen LogP contribution in [-0.2, 0) is 0 Å². The molecule has 6 nitrogen and oxygen atoms in total. The zero-order valence-corrected chi connectivity index (χ0v) is 15.8. The van der Waals surface area contributed by atoms with Gasteiger partial charge in [-0.05, 0) is 55.3 Å². The van der Waals surface area contributed by atoms with Crippen molar-refractivity contribution in [2.24, 2.45) is 0 Å². The molecule has 2 amide bonds. The number of amides is 2. The highest BCUT2D eigenvalue weighted by atomic mass is 35.5. The van der Waals surface area contributed by atoms with Crippen molar-refractivity contribution in [3.05, 3.63) is 58.7 Å². The van der Waals surface area contributed by atoms with Crippen molar-refractivity contribution < 1.29 is 9.21 Å². The molecule has 1 fully saturated rings. The number of carbonyl (C=O) groups excluding carboxylic acids is 1. The van der Waals surface area contributed by atoms with Crippen molar-refractivity contribution in [3.8, 4) is 11.3 Å². The maximum Gasteiger partial charge on any atom is 0.321 e. The summed E-state index contributed by atoms with van der Waals surface area (Å²) in [5.74, 6) is 0.574. The van der Waals surface area contributed by atoms with Crippen LogP contribution >= 0.6 is 11.6 Å². The van der Waals surface area contributed by atoms with Crippen LogP contribution in [-0.4, -0.2) is 24.1 Å². The van der Waals surface area contributed by atoms with Crippen molar-refractivity contribution in [1.29, 1.82) is 0 Å². The summed E-state index contributed by atoms with van der Waals surface area (Å²) in [6, 6.07) is 11.9. The molecule has 0 aliphatic carbocycles. The van der Waals surface area contributed by atoms with E-state index in [1.807, 2.05) is 32.0 Å². The molecule has 1 aromatic heterocycles. The molecule has 0 saturated carbocycles. The number of carbonyl (C=O) groups is 1. The molecule has 2 heterocycles. The highest BCUT2D eigenvalue weighted by Crippen LogP contribution is 2.32. The summed E-state index contributed by atoms with van der Waals surface area (Å²) >= 11 is 6.26. The normalized spacial score (nSPS) is 13.7. The monoisotopic (exact) mass is 382 g/mol. The van der Waals surface area contributed by atoms with E-state index in [1.165, 1.54) is 0 Å². The molecule has 1 aliphatic heterocycles. The van der Waals surface area contributed by atoms with E-state index in [0.29, 0.717) is 29.9 Å². The van der Waals surface area contributed by atoms with Crippen LogP contribution in [0.5, 0.6) is 0 Å². The zero-order chi connectivity index (χ0) is 19.0. The van der Waals surface area contributed by atoms with Gasteiger partial charge >= 0.3 is 6.03 Å². The van der Waals surface area contributed by atoms with Gasteiger partial charge in [-0.15, -0.1) is 0 Å². The molecule has 2 aromatic carbocycles. The average molecular weight is 383 g/mol. The SMILES string of the molecule is Cc1cc(C)cc(Nc2ncc(-c3cc(Cl)cc(N4CCNC4=O)c3)o2)c1. The van der Waals surface area contributed by atoms with E-state index in [4.69, 9.17) is 16.0 Å². The Morgan fingerprint density at radius 1 is 1.15 bits per heavy atom. The Morgan fingerprint density at radius 2 is 1.93 bits per heavy atom. The summed E-state index contributed by atoms with van der Waals surface area (Å²) in [6.45, 7) is 5.31. The van der Waals surface area contributed by atoms with Crippen LogP contribution in [0.1, 0.15) is 11.1 Å². The van der Waals surface area contributed by atoms with E-state index < -0.39 is 0 Å². The molecule has 138 valence electrons. The predicted octanol–water partition coefficient (Wildman–Crippen LogP) is 4.89. The van der Waals surface area contributed by atoms with Gasteiger partial charge in [-0.1, -0.05) is 17.7 Å². The quantitative estimate of drug-likeness (QED) is 0.674. The molecule has 0 radical (unpaired) electrons. The fourth-order valence-electron chi connectivity index (χ4n) is 3.23. The van der Waals surface area contributed by atoms with Crippen LogP contribution in [0.25, 0.3) is 11.3 Å². The molecular formula is C20H19ClN4O2. The van der Waals surface area contributed by atoms with E-state index >= 15 is 0 Å². The van der Waals surface area contributed by atoms with E-state index in [-0.39, 0.29) is 6.03 Å². The van der Waals surface area contributed by atoms with Gasteiger partial charge in [0.1, 0.15) is 0 Å². The largest absolute Gasteiger partial charge is 0.423 e. The van der Waals surface area contributed by atoms with Crippen LogP contribution in [0.3, 0.4) is 0 Å². The summed E-state index contributed by atoms with van der Waals surface area (Å²) < 4.78 is 5.85. The van der Waals surface area contributed by atoms with Crippen LogP contribution < -0.4 is 15.5 Å². The Labute approximate surface area is 162 Å². The lowest BCUT2D eigenvalue weighted by atomic mass is 10.1. The molecule has 1 saturated heterocycles. The van der Waals surface area contributed by atoms with Gasteiger partial charge in [0.15, 0.2) is 5.76 Å². The van der Waals surface area contributed by atoms with Gasteiger partial charge < -0.3 is 15.1 Å². The van der Waals surface area contributed by atoms with E-state index in [1.54, 1.807) is 23.2 Å². The minimum absolute atomic E-state index is 0.127. The van der Waals surface area contributed by atoms with Crippen molar-refractivity contribution in [2.45, 2.75) is 13.8 Å². The first-order valence-corrected chi connectivity index (χ1v) is 9.03. The summed E-state index contributed by atoms with van der Waals surface area (Å²) in [5, 5.41) is 6.50. The number of anilines is 3. The minimum atomic E-state index is -0.127. The fraction of sp³-hybridized carbons (Fsp3) is 0.200. The number of nitrogens with zero attached hydrogens (tertiary/aromatic N) is 2. The molecule has 0 spiro atoms. The second-order valence-corrected chi connectivity index (χ2v) is 7.05. The second-order valence-electron chi connectivity index (χ2n) is 6.61. The Hall–Kier alpha value is -2.99. The van der Waals surface area contributed by atoms with Crippen molar-refractivity contribution in [3.63, 3.8) is 0 Å². The van der Waals surface area contributed by atoms with Gasteiger partial charge in [0, 0.05) is 35.1 Å². The molecule has 2 N–H and O–H groups in total. The highest BCUT2D eigenvalue weighted by molar-refractivity contribution is 6.31. The van der Waals surface area contributed by atoms with E-state index in [9.17, 15) is 4.79 Å². The minimum Gasteiger partial charge on any atom is -0.423 e. The van der Waals surface area contributed by atoms with Crippen molar-refractivity contribution >= 4 is 35.0 Å². The molecule has 7 heteroatoms.